The summed E-state index contributed by atoms with van der Waals surface area (Å²) < 4.78 is 0. The summed E-state index contributed by atoms with van der Waals surface area (Å²) >= 11 is 0. The largest absolute Gasteiger partial charge is 0.352 e. The van der Waals surface area contributed by atoms with Crippen LogP contribution in [0.1, 0.15) is 19.3 Å². The SMILES string of the molecule is NC(N)=O.O=C=NCCCCCN=C=O. The van der Waals surface area contributed by atoms with Crippen molar-refractivity contribution in [1.82, 2.24) is 0 Å². The van der Waals surface area contributed by atoms with Crippen LogP contribution in [-0.4, -0.2) is 31.3 Å². The van der Waals surface area contributed by atoms with Gasteiger partial charge in [-0.1, -0.05) is 0 Å². The normalized spacial score (nSPS) is 7.47. The minimum absolute atomic E-state index is 0.522. The smallest absolute Gasteiger partial charge is 0.309 e. The number of isocyanates is 2. The maximum absolute atomic E-state index is 9.58. The molecule has 15 heavy (non-hydrogen) atoms. The average Bonchev–Trinajstić information content (AvgIpc) is 2.16. The van der Waals surface area contributed by atoms with E-state index in [1.165, 1.54) is 12.2 Å². The van der Waals surface area contributed by atoms with Crippen LogP contribution in [0.3, 0.4) is 0 Å². The molecule has 4 N–H and O–H groups in total. The number of hydrogen-bond acceptors (Lipinski definition) is 5. The van der Waals surface area contributed by atoms with Crippen LogP contribution in [0.15, 0.2) is 9.98 Å². The lowest BCUT2D eigenvalue weighted by Gasteiger charge is -1.90. The van der Waals surface area contributed by atoms with E-state index in [0.717, 1.165) is 19.3 Å². The molecule has 0 radical (unpaired) electrons. The Labute approximate surface area is 87.3 Å². The van der Waals surface area contributed by atoms with Gasteiger partial charge in [-0.15, -0.1) is 0 Å². The molecule has 7 heteroatoms. The Hall–Kier alpha value is -1.97. The highest BCUT2D eigenvalue weighted by Gasteiger charge is 1.85. The monoisotopic (exact) mass is 214 g/mol. The second kappa shape index (κ2) is 14.5. The Morgan fingerprint density at radius 3 is 1.53 bits per heavy atom. The summed E-state index contributed by atoms with van der Waals surface area (Å²) in [6, 6.07) is -0.833. The number of nitrogens with zero attached hydrogens (tertiary/aromatic N) is 2. The summed E-state index contributed by atoms with van der Waals surface area (Å²) in [4.78, 5) is 34.9. The molecule has 0 saturated heterocycles. The number of urea groups is 1. The van der Waals surface area contributed by atoms with Crippen molar-refractivity contribution in [1.29, 1.82) is 0 Å². The Kier molecular flexibility index (Phi) is 15.0. The molecule has 84 valence electrons. The fourth-order valence-corrected chi connectivity index (χ4v) is 0.650. The summed E-state index contributed by atoms with van der Waals surface area (Å²) in [7, 11) is 0. The lowest BCUT2D eigenvalue weighted by atomic mass is 10.2. The number of aliphatic imine (C=N–C) groups is 2. The first-order chi connectivity index (χ1) is 7.15. The molecule has 0 unspecified atom stereocenters. The number of hydrogen-bond donors (Lipinski definition) is 2. The highest BCUT2D eigenvalue weighted by Crippen LogP contribution is 1.94. The molecule has 0 aliphatic heterocycles. The molecule has 0 atom stereocenters. The number of carbonyl (C=O) groups excluding carboxylic acids is 3. The van der Waals surface area contributed by atoms with Gasteiger partial charge in [-0.25, -0.2) is 24.4 Å². The van der Waals surface area contributed by atoms with Gasteiger partial charge in [0.25, 0.3) is 0 Å². The van der Waals surface area contributed by atoms with Crippen molar-refractivity contribution in [2.24, 2.45) is 21.5 Å². The van der Waals surface area contributed by atoms with Crippen molar-refractivity contribution in [3.8, 4) is 0 Å². The summed E-state index contributed by atoms with van der Waals surface area (Å²) in [6.45, 7) is 1.04. The van der Waals surface area contributed by atoms with Gasteiger partial charge in [0.2, 0.25) is 12.2 Å². The van der Waals surface area contributed by atoms with Crippen LogP contribution in [0.2, 0.25) is 0 Å². The molecule has 7 nitrogen and oxygen atoms in total. The zero-order valence-electron chi connectivity index (χ0n) is 8.31. The molecular weight excluding hydrogens is 200 g/mol. The van der Waals surface area contributed by atoms with Crippen molar-refractivity contribution in [3.63, 3.8) is 0 Å². The third-order valence-corrected chi connectivity index (χ3v) is 1.17. The Morgan fingerprint density at radius 2 is 1.27 bits per heavy atom. The van der Waals surface area contributed by atoms with E-state index in [1.54, 1.807) is 0 Å². The molecule has 0 aliphatic rings. The highest BCUT2D eigenvalue weighted by atomic mass is 16.2. The molecule has 0 aromatic heterocycles. The standard InChI is InChI=1S/C7H10N2O2.CH4N2O/c10-6-8-4-2-1-3-5-9-7-11;2-1(3)4/h1-5H2;(H4,2,3,4). The van der Waals surface area contributed by atoms with Gasteiger partial charge in [0.15, 0.2) is 0 Å². The van der Waals surface area contributed by atoms with Crippen molar-refractivity contribution in [2.45, 2.75) is 19.3 Å². The predicted octanol–water partition coefficient (Wildman–Crippen LogP) is -0.148. The molecule has 0 bridgehead atoms. The maximum Gasteiger partial charge on any atom is 0.309 e. The molecule has 0 aromatic carbocycles. The van der Waals surface area contributed by atoms with E-state index in [0.29, 0.717) is 13.1 Å². The van der Waals surface area contributed by atoms with E-state index in [9.17, 15) is 9.59 Å². The molecular formula is C8H14N4O3. The van der Waals surface area contributed by atoms with E-state index in [2.05, 4.69) is 21.5 Å². The van der Waals surface area contributed by atoms with E-state index >= 15 is 0 Å². The topological polar surface area (TPSA) is 128 Å². The van der Waals surface area contributed by atoms with Crippen molar-refractivity contribution in [2.75, 3.05) is 13.1 Å². The van der Waals surface area contributed by atoms with Gasteiger partial charge in [0, 0.05) is 0 Å². The Morgan fingerprint density at radius 1 is 0.933 bits per heavy atom. The lowest BCUT2D eigenvalue weighted by molar-refractivity contribution is 0.256. The first kappa shape index (κ1) is 15.5. The van der Waals surface area contributed by atoms with Crippen LogP contribution in [-0.2, 0) is 9.59 Å². The second-order valence-electron chi connectivity index (χ2n) is 2.41. The van der Waals surface area contributed by atoms with Crippen LogP contribution in [0.25, 0.3) is 0 Å². The van der Waals surface area contributed by atoms with Gasteiger partial charge in [-0.2, -0.15) is 0 Å². The zero-order valence-corrected chi connectivity index (χ0v) is 8.31. The summed E-state index contributed by atoms with van der Waals surface area (Å²) in [5, 5.41) is 0. The second-order valence-corrected chi connectivity index (χ2v) is 2.41. The highest BCUT2D eigenvalue weighted by molar-refractivity contribution is 5.69. The number of amides is 2. The van der Waals surface area contributed by atoms with Crippen LogP contribution >= 0.6 is 0 Å². The van der Waals surface area contributed by atoms with E-state index in [-0.39, 0.29) is 0 Å². The van der Waals surface area contributed by atoms with Gasteiger partial charge in [0.05, 0.1) is 13.1 Å². The third-order valence-electron chi connectivity index (χ3n) is 1.17. The van der Waals surface area contributed by atoms with Crippen molar-refractivity contribution in [3.05, 3.63) is 0 Å². The first-order valence-corrected chi connectivity index (χ1v) is 4.27. The molecule has 0 rings (SSSR count). The average molecular weight is 214 g/mol. The molecule has 2 amide bonds. The van der Waals surface area contributed by atoms with E-state index in [4.69, 9.17) is 4.79 Å². The van der Waals surface area contributed by atoms with Gasteiger partial charge >= 0.3 is 6.03 Å². The van der Waals surface area contributed by atoms with Crippen LogP contribution < -0.4 is 11.5 Å². The number of carbonyl (C=O) groups is 1. The van der Waals surface area contributed by atoms with Crippen LogP contribution in [0.5, 0.6) is 0 Å². The number of nitrogens with two attached hydrogens (primary N) is 2. The number of unbranched alkanes of at least 4 members (excludes halogenated alkanes) is 2. The molecule has 0 saturated carbocycles. The quantitative estimate of drug-likeness (QED) is 0.362. The minimum atomic E-state index is -0.833. The van der Waals surface area contributed by atoms with Gasteiger partial charge in [-0.3, -0.25) is 0 Å². The Bertz CT molecular complexity index is 231. The van der Waals surface area contributed by atoms with E-state index in [1.807, 2.05) is 0 Å². The molecule has 0 heterocycles. The summed E-state index contributed by atoms with van der Waals surface area (Å²) in [5.41, 5.74) is 8.50. The Balaban J connectivity index is 0. The van der Waals surface area contributed by atoms with Crippen LogP contribution in [0, 0.1) is 0 Å². The molecule has 0 aromatic rings. The maximum atomic E-state index is 9.58. The number of rotatable bonds is 6. The summed E-state index contributed by atoms with van der Waals surface area (Å²) in [5.74, 6) is 0. The third kappa shape index (κ3) is 33.3. The molecule has 0 spiro atoms. The van der Waals surface area contributed by atoms with Gasteiger partial charge in [0.1, 0.15) is 0 Å². The summed E-state index contributed by atoms with van der Waals surface area (Å²) in [6.07, 6.45) is 5.55. The van der Waals surface area contributed by atoms with Crippen molar-refractivity contribution >= 4 is 18.2 Å². The fraction of sp³-hybridized carbons (Fsp3) is 0.625. The fourth-order valence-electron chi connectivity index (χ4n) is 0.650. The predicted molar refractivity (Wildman–Crippen MR) is 53.6 cm³/mol. The van der Waals surface area contributed by atoms with Crippen LogP contribution in [0.4, 0.5) is 4.79 Å². The van der Waals surface area contributed by atoms with Gasteiger partial charge < -0.3 is 11.5 Å². The van der Waals surface area contributed by atoms with Gasteiger partial charge in [-0.05, 0) is 19.3 Å². The minimum Gasteiger partial charge on any atom is -0.352 e. The van der Waals surface area contributed by atoms with E-state index < -0.39 is 6.03 Å². The molecule has 0 aliphatic carbocycles. The lowest BCUT2D eigenvalue weighted by Crippen LogP contribution is -2.18. The van der Waals surface area contributed by atoms with Crippen molar-refractivity contribution < 1.29 is 14.4 Å². The first-order valence-electron chi connectivity index (χ1n) is 4.27. The zero-order chi connectivity index (χ0) is 11.9. The molecule has 0 fully saturated rings. The number of primary amides is 2.